The zero-order valence-electron chi connectivity index (χ0n) is 6.02. The van der Waals surface area contributed by atoms with Crippen molar-refractivity contribution in [1.82, 2.24) is 0 Å². The summed E-state index contributed by atoms with van der Waals surface area (Å²) in [7, 11) is 0. The molecular formula is C6H14O. The molecule has 0 fully saturated rings. The van der Waals surface area contributed by atoms with Gasteiger partial charge in [-0.25, -0.2) is 0 Å². The lowest BCUT2D eigenvalue weighted by Gasteiger charge is -2.04. The maximum Gasteiger partial charge on any atom is 0.0514 e. The first-order chi connectivity index (χ1) is 3.66. The molecule has 0 amide bonds. The van der Waals surface area contributed by atoms with E-state index in [0.717, 1.165) is 6.42 Å². The molecular weight excluding hydrogens is 88.1 g/mol. The zero-order valence-corrected chi connectivity index (χ0v) is 5.02. The van der Waals surface area contributed by atoms with E-state index < -0.39 is 6.10 Å². The Bertz CT molecular complexity index is 54.5. The minimum Gasteiger partial charge on any atom is -0.393 e. The van der Waals surface area contributed by atoms with Crippen LogP contribution in [0.4, 0.5) is 0 Å². The Morgan fingerprint density at radius 2 is 2.29 bits per heavy atom. The first kappa shape index (κ1) is 5.10. The standard InChI is InChI=1S/C6H14O/c1-5(2)4-6(3)7/h5-7H,4H2,1-3H3/i3T. The minimum absolute atomic E-state index is 0.137. The molecule has 1 nitrogen and oxygen atoms in total. The average Bonchev–Trinajstić information content (AvgIpc) is 1.65. The molecule has 1 unspecified atom stereocenters. The van der Waals surface area contributed by atoms with Crippen LogP contribution >= 0.6 is 0 Å². The number of aliphatic hydroxyl groups excluding tert-OH is 1. The lowest BCUT2D eigenvalue weighted by molar-refractivity contribution is 0.168. The normalized spacial score (nSPS) is 16.9. The number of rotatable bonds is 2. The molecule has 0 aromatic heterocycles. The summed E-state index contributed by atoms with van der Waals surface area (Å²) < 4.78 is 6.75. The third-order valence-electron chi connectivity index (χ3n) is 0.743. The fraction of sp³-hybridized carbons (Fsp3) is 1.00. The third-order valence-corrected chi connectivity index (χ3v) is 0.743. The van der Waals surface area contributed by atoms with E-state index in [1.807, 2.05) is 13.8 Å². The Hall–Kier alpha value is -0.0400. The van der Waals surface area contributed by atoms with Crippen LogP contribution in [0.15, 0.2) is 0 Å². The molecule has 7 heavy (non-hydrogen) atoms. The topological polar surface area (TPSA) is 20.2 Å². The van der Waals surface area contributed by atoms with E-state index in [9.17, 15) is 0 Å². The van der Waals surface area contributed by atoms with E-state index in [1.165, 1.54) is 0 Å². The van der Waals surface area contributed by atoms with E-state index in [4.69, 9.17) is 6.48 Å². The lowest BCUT2D eigenvalue weighted by Crippen LogP contribution is -2.03. The van der Waals surface area contributed by atoms with Gasteiger partial charge in [0.05, 0.1) is 6.10 Å². The fourth-order valence-corrected chi connectivity index (χ4v) is 0.544. The highest BCUT2D eigenvalue weighted by atomic mass is 16.3. The van der Waals surface area contributed by atoms with Gasteiger partial charge in [0.1, 0.15) is 0 Å². The van der Waals surface area contributed by atoms with Gasteiger partial charge in [0.25, 0.3) is 0 Å². The van der Waals surface area contributed by atoms with Gasteiger partial charge in [0.2, 0.25) is 0 Å². The molecule has 0 aliphatic heterocycles. The highest BCUT2D eigenvalue weighted by molar-refractivity contribution is 4.49. The lowest BCUT2D eigenvalue weighted by atomic mass is 10.1. The molecule has 1 N–H and O–H groups in total. The van der Waals surface area contributed by atoms with E-state index in [2.05, 4.69) is 0 Å². The molecule has 0 aromatic rings. The van der Waals surface area contributed by atoms with Crippen LogP contribution in [-0.2, 0) is 0 Å². The van der Waals surface area contributed by atoms with Gasteiger partial charge in [-0.1, -0.05) is 13.8 Å². The van der Waals surface area contributed by atoms with Crippen LogP contribution in [0.3, 0.4) is 0 Å². The summed E-state index contributed by atoms with van der Waals surface area (Å²) >= 11 is 0. The van der Waals surface area contributed by atoms with Gasteiger partial charge in [0, 0.05) is 1.37 Å². The van der Waals surface area contributed by atoms with Crippen molar-refractivity contribution < 1.29 is 6.48 Å². The van der Waals surface area contributed by atoms with Crippen molar-refractivity contribution in [2.75, 3.05) is 0 Å². The van der Waals surface area contributed by atoms with E-state index in [0.29, 0.717) is 5.92 Å². The van der Waals surface area contributed by atoms with Crippen LogP contribution in [0.1, 0.15) is 28.5 Å². The summed E-state index contributed by atoms with van der Waals surface area (Å²) in [5.41, 5.74) is 0. The predicted octanol–water partition coefficient (Wildman–Crippen LogP) is 1.41. The van der Waals surface area contributed by atoms with Crippen LogP contribution < -0.4 is 0 Å². The molecule has 44 valence electrons. The second-order valence-corrected chi connectivity index (χ2v) is 2.28. The van der Waals surface area contributed by atoms with Crippen molar-refractivity contribution in [1.29, 1.82) is 0 Å². The quantitative estimate of drug-likeness (QED) is 0.561. The largest absolute Gasteiger partial charge is 0.393 e. The second-order valence-electron chi connectivity index (χ2n) is 2.28. The van der Waals surface area contributed by atoms with Crippen LogP contribution in [0, 0.1) is 5.92 Å². The first-order valence-corrected chi connectivity index (χ1v) is 2.64. The maximum atomic E-state index is 8.84. The van der Waals surface area contributed by atoms with Crippen molar-refractivity contribution in [2.24, 2.45) is 5.92 Å². The van der Waals surface area contributed by atoms with Crippen molar-refractivity contribution in [3.05, 3.63) is 0 Å². The SMILES string of the molecule is [3H]CC(O)CC(C)C. The van der Waals surface area contributed by atoms with Crippen molar-refractivity contribution in [3.8, 4) is 0 Å². The molecule has 0 bridgehead atoms. The molecule has 0 aliphatic rings. The highest BCUT2D eigenvalue weighted by Crippen LogP contribution is 2.01. The first-order valence-electron chi connectivity index (χ1n) is 3.34. The van der Waals surface area contributed by atoms with Gasteiger partial charge in [-0.05, 0) is 19.2 Å². The Morgan fingerprint density at radius 3 is 2.43 bits per heavy atom. The van der Waals surface area contributed by atoms with Crippen LogP contribution in [0.25, 0.3) is 0 Å². The molecule has 0 saturated carbocycles. The van der Waals surface area contributed by atoms with Gasteiger partial charge in [0.15, 0.2) is 0 Å². The summed E-state index contributed by atoms with van der Waals surface area (Å²) in [6.45, 7) is 4.22. The van der Waals surface area contributed by atoms with Crippen LogP contribution in [-0.4, -0.2) is 11.2 Å². The van der Waals surface area contributed by atoms with Gasteiger partial charge in [-0.2, -0.15) is 0 Å². The molecule has 0 spiro atoms. The molecule has 1 atom stereocenters. The molecule has 0 saturated heterocycles. The average molecular weight is 104 g/mol. The summed E-state index contributed by atoms with van der Waals surface area (Å²) in [5.74, 6) is 0.510. The molecule has 0 radical (unpaired) electrons. The number of hydrogen-bond donors (Lipinski definition) is 1. The monoisotopic (exact) mass is 104 g/mol. The molecule has 0 aliphatic carbocycles. The summed E-state index contributed by atoms with van der Waals surface area (Å²) in [6.07, 6.45) is 0.346. The van der Waals surface area contributed by atoms with E-state index >= 15 is 0 Å². The molecule has 0 aromatic carbocycles. The maximum absolute atomic E-state index is 8.84. The zero-order chi connectivity index (χ0) is 6.57. The van der Waals surface area contributed by atoms with Gasteiger partial charge in [-0.3, -0.25) is 0 Å². The summed E-state index contributed by atoms with van der Waals surface area (Å²) in [5, 5.41) is 8.84. The molecule has 0 rings (SSSR count). The van der Waals surface area contributed by atoms with Gasteiger partial charge < -0.3 is 5.11 Å². The van der Waals surface area contributed by atoms with Crippen LogP contribution in [0.5, 0.6) is 0 Å². The van der Waals surface area contributed by atoms with Crippen LogP contribution in [0.2, 0.25) is 0 Å². The van der Waals surface area contributed by atoms with Crippen molar-refractivity contribution in [2.45, 2.75) is 33.3 Å². The van der Waals surface area contributed by atoms with Gasteiger partial charge >= 0.3 is 0 Å². The molecule has 1 heteroatoms. The Labute approximate surface area is 46.8 Å². The highest BCUT2D eigenvalue weighted by Gasteiger charge is 1.97. The summed E-state index contributed by atoms with van der Waals surface area (Å²) in [4.78, 5) is 0. The Morgan fingerprint density at radius 1 is 1.71 bits per heavy atom. The van der Waals surface area contributed by atoms with E-state index in [1.54, 1.807) is 0 Å². The number of hydrogen-bond acceptors (Lipinski definition) is 1. The third kappa shape index (κ3) is 5.96. The second kappa shape index (κ2) is 3.03. The smallest absolute Gasteiger partial charge is 0.0514 e. The van der Waals surface area contributed by atoms with Crippen molar-refractivity contribution in [3.63, 3.8) is 0 Å². The fourth-order valence-electron chi connectivity index (χ4n) is 0.544. The van der Waals surface area contributed by atoms with E-state index in [-0.39, 0.29) is 6.90 Å². The Balaban J connectivity index is 3.10. The Kier molecular flexibility index (Phi) is 2.21. The van der Waals surface area contributed by atoms with Crippen molar-refractivity contribution >= 4 is 0 Å². The predicted molar refractivity (Wildman–Crippen MR) is 31.1 cm³/mol. The van der Waals surface area contributed by atoms with Gasteiger partial charge in [-0.15, -0.1) is 0 Å². The minimum atomic E-state index is -0.407. The summed E-state index contributed by atoms with van der Waals surface area (Å²) in [6, 6.07) is 0. The molecule has 0 heterocycles. The number of aliphatic hydroxyl groups is 1.